The van der Waals surface area contributed by atoms with Crippen molar-refractivity contribution in [3.8, 4) is 5.75 Å². The molecule has 366 valence electrons. The van der Waals surface area contributed by atoms with E-state index in [0.29, 0.717) is 28.3 Å². The van der Waals surface area contributed by atoms with Gasteiger partial charge in [0, 0.05) is 31.8 Å². The van der Waals surface area contributed by atoms with E-state index < -0.39 is 96.0 Å². The molecule has 0 fully saturated rings. The molecule has 3 rings (SSSR count). The summed E-state index contributed by atoms with van der Waals surface area (Å²) in [4.78, 5) is 114. The molecule has 0 bridgehead atoms. The number of nitrogens with one attached hydrogen (secondary N) is 8. The van der Waals surface area contributed by atoms with Crippen LogP contribution in [0.5, 0.6) is 5.75 Å². The summed E-state index contributed by atoms with van der Waals surface area (Å²) in [5.74, 6) is -5.60. The maximum Gasteiger partial charge on any atom is 0.305 e. The van der Waals surface area contributed by atoms with Gasteiger partial charge in [0.05, 0.1) is 18.8 Å². The van der Waals surface area contributed by atoms with Crippen molar-refractivity contribution in [3.63, 3.8) is 0 Å². The predicted molar refractivity (Wildman–Crippen MR) is 256 cm³/mol. The van der Waals surface area contributed by atoms with E-state index in [1.807, 2.05) is 20.1 Å². The molecule has 0 unspecified atom stereocenters. The van der Waals surface area contributed by atoms with Crippen molar-refractivity contribution >= 4 is 70.8 Å². The van der Waals surface area contributed by atoms with Gasteiger partial charge in [0.1, 0.15) is 42.0 Å². The Kier molecular flexibility index (Phi) is 23.7. The summed E-state index contributed by atoms with van der Waals surface area (Å²) < 4.78 is 0. The number of nitrogens with zero attached hydrogens (tertiary/aromatic N) is 1. The van der Waals surface area contributed by atoms with E-state index in [9.17, 15) is 48.6 Å². The number of benzene rings is 2. The number of aromatic amines is 1. The first-order valence-corrected chi connectivity index (χ1v) is 24.5. The Balaban J connectivity index is 1.89. The SMILES string of the molecule is CNC(=O)[C@H](CC(=O)O)NC(=O)[C@H](CCSC)NC(=O)[C@H](CC(C)C)NC(=O)[C@H](Cc1cnc[nH]1)NC(=O)[C@H](Cc1ccccc1)NC(=O)[C@@H](CCSC)NC(=O)[C@@H](N)Cc1ccc(O)cc1. The first-order chi connectivity index (χ1) is 31.9. The van der Waals surface area contributed by atoms with Gasteiger partial charge in [-0.3, -0.25) is 38.4 Å². The number of carboxylic acid groups (broad SMARTS) is 1. The second-order valence-corrected chi connectivity index (χ2v) is 18.2. The zero-order chi connectivity index (χ0) is 49.5. The Morgan fingerprint density at radius 3 is 1.61 bits per heavy atom. The molecule has 22 heteroatoms. The average Bonchev–Trinajstić information content (AvgIpc) is 3.81. The molecule has 0 spiro atoms. The van der Waals surface area contributed by atoms with Crippen LogP contribution in [0.3, 0.4) is 0 Å². The van der Waals surface area contributed by atoms with Gasteiger partial charge in [-0.15, -0.1) is 0 Å². The first-order valence-electron chi connectivity index (χ1n) is 21.7. The van der Waals surface area contributed by atoms with Crippen LogP contribution in [0.25, 0.3) is 0 Å². The summed E-state index contributed by atoms with van der Waals surface area (Å²) >= 11 is 2.84. The maximum atomic E-state index is 14.4. The third-order valence-electron chi connectivity index (χ3n) is 10.3. The summed E-state index contributed by atoms with van der Waals surface area (Å²) in [6.45, 7) is 3.65. The van der Waals surface area contributed by atoms with Crippen LogP contribution in [0.2, 0.25) is 0 Å². The van der Waals surface area contributed by atoms with Gasteiger partial charge in [0.25, 0.3) is 0 Å². The lowest BCUT2D eigenvalue weighted by Crippen LogP contribution is -2.60. The van der Waals surface area contributed by atoms with E-state index in [0.717, 1.165) is 0 Å². The number of carbonyl (C=O) groups excluding carboxylic acids is 7. The molecule has 7 atom stereocenters. The number of H-pyrrole nitrogens is 1. The Morgan fingerprint density at radius 1 is 0.627 bits per heavy atom. The van der Waals surface area contributed by atoms with Crippen molar-refractivity contribution < 1.29 is 48.6 Å². The molecule has 1 heterocycles. The van der Waals surface area contributed by atoms with Crippen molar-refractivity contribution in [1.82, 2.24) is 47.2 Å². The van der Waals surface area contributed by atoms with E-state index in [1.165, 1.54) is 55.2 Å². The number of hydrogen-bond donors (Lipinski definition) is 11. The van der Waals surface area contributed by atoms with E-state index in [4.69, 9.17) is 5.73 Å². The fourth-order valence-electron chi connectivity index (χ4n) is 6.77. The quantitative estimate of drug-likeness (QED) is 0.0442. The van der Waals surface area contributed by atoms with Crippen LogP contribution in [0, 0.1) is 5.92 Å². The van der Waals surface area contributed by atoms with Gasteiger partial charge < -0.3 is 58.1 Å². The number of aromatic nitrogens is 2. The number of rotatable bonds is 29. The number of carboxylic acids is 1. The number of likely N-dealkylation sites (N-methyl/N-ethyl adjacent to an activating group) is 1. The van der Waals surface area contributed by atoms with Gasteiger partial charge in [0.15, 0.2) is 0 Å². The van der Waals surface area contributed by atoms with Crippen molar-refractivity contribution in [2.45, 2.75) is 101 Å². The number of phenols is 1. The highest BCUT2D eigenvalue weighted by Gasteiger charge is 2.34. The molecule has 1 aromatic heterocycles. The maximum absolute atomic E-state index is 14.4. The van der Waals surface area contributed by atoms with E-state index in [2.05, 4.69) is 47.2 Å². The summed E-state index contributed by atoms with van der Waals surface area (Å²) in [5, 5.41) is 37.4. The van der Waals surface area contributed by atoms with E-state index >= 15 is 0 Å². The fourth-order valence-corrected chi connectivity index (χ4v) is 7.72. The van der Waals surface area contributed by atoms with Crippen LogP contribution in [0.15, 0.2) is 67.1 Å². The second-order valence-electron chi connectivity index (χ2n) is 16.2. The lowest BCUT2D eigenvalue weighted by molar-refractivity contribution is -0.141. The number of aliphatic carboxylic acids is 1. The number of nitrogens with two attached hydrogens (primary N) is 1. The molecule has 2 aromatic carbocycles. The number of thioether (sulfide) groups is 2. The van der Waals surface area contributed by atoms with Crippen LogP contribution in [-0.2, 0) is 57.6 Å². The zero-order valence-electron chi connectivity index (χ0n) is 38.3. The first kappa shape index (κ1) is 55.2. The third kappa shape index (κ3) is 19.7. The van der Waals surface area contributed by atoms with Gasteiger partial charge in [-0.25, -0.2) is 4.98 Å². The fraction of sp³-hybridized carbons (Fsp3) is 0.489. The van der Waals surface area contributed by atoms with Gasteiger partial charge in [-0.1, -0.05) is 56.3 Å². The molecular weight excluding hydrogens is 905 g/mol. The molecule has 0 aliphatic heterocycles. The van der Waals surface area contributed by atoms with Crippen LogP contribution in [0.4, 0.5) is 0 Å². The number of hydrogen-bond acceptors (Lipinski definition) is 13. The van der Waals surface area contributed by atoms with Crippen molar-refractivity contribution in [1.29, 1.82) is 0 Å². The lowest BCUT2D eigenvalue weighted by atomic mass is 10.0. The normalized spacial score (nSPS) is 14.2. The minimum Gasteiger partial charge on any atom is -0.508 e. The Labute approximate surface area is 398 Å². The number of imidazole rings is 1. The molecule has 0 saturated carbocycles. The van der Waals surface area contributed by atoms with Crippen molar-refractivity contribution in [2.24, 2.45) is 11.7 Å². The number of carbonyl (C=O) groups is 8. The molecule has 0 aliphatic rings. The number of aromatic hydroxyl groups is 1. The minimum atomic E-state index is -1.42. The van der Waals surface area contributed by atoms with Crippen LogP contribution in [0.1, 0.15) is 56.4 Å². The van der Waals surface area contributed by atoms with Crippen LogP contribution in [-0.4, -0.2) is 141 Å². The Morgan fingerprint density at radius 2 is 1.10 bits per heavy atom. The molecule has 0 saturated heterocycles. The van der Waals surface area contributed by atoms with Gasteiger partial charge in [0.2, 0.25) is 41.4 Å². The molecule has 0 aliphatic carbocycles. The second kappa shape index (κ2) is 28.8. The Hall–Kier alpha value is -6.13. The van der Waals surface area contributed by atoms with E-state index in [1.54, 1.807) is 48.7 Å². The van der Waals surface area contributed by atoms with Gasteiger partial charge >= 0.3 is 5.97 Å². The lowest BCUT2D eigenvalue weighted by Gasteiger charge is -2.28. The average molecular weight is 969 g/mol. The monoisotopic (exact) mass is 968 g/mol. The molecule has 0 radical (unpaired) electrons. The third-order valence-corrected chi connectivity index (χ3v) is 11.6. The summed E-state index contributed by atoms with van der Waals surface area (Å²) in [6.07, 6.45) is 6.20. The highest BCUT2D eigenvalue weighted by atomic mass is 32.2. The van der Waals surface area contributed by atoms with Gasteiger partial charge in [-0.2, -0.15) is 23.5 Å². The highest BCUT2D eigenvalue weighted by Crippen LogP contribution is 2.13. The smallest absolute Gasteiger partial charge is 0.305 e. The molecule has 67 heavy (non-hydrogen) atoms. The van der Waals surface area contributed by atoms with E-state index in [-0.39, 0.29) is 50.2 Å². The van der Waals surface area contributed by atoms with Crippen LogP contribution < -0.4 is 43.0 Å². The summed E-state index contributed by atoms with van der Waals surface area (Å²) in [5.41, 5.74) is 8.07. The standard InChI is InChI=1S/C45H64N10O10S2/c1-26(2)19-34(43(63)51-33(16-18-67-5)42(62)55-37(23-38(57)58)40(60)47-3)52-45(65)36(22-29-24-48-25-49-29)54-44(64)35(21-27-9-7-6-8-10-27)53-41(61)32(15-17-66-4)50-39(59)31(46)20-28-11-13-30(56)14-12-28/h6-14,24-26,31-37,56H,15-23,46H2,1-5H3,(H,47,60)(H,48,49)(H,50,59)(H,51,63)(H,52,65)(H,53,61)(H,54,64)(H,55,62)(H,57,58)/t31-,32+,33-,34-,35-,36-,37-/m0/s1. The number of phenolic OH excluding ortho intramolecular Hbond substituents is 1. The molecule has 7 amide bonds. The highest BCUT2D eigenvalue weighted by molar-refractivity contribution is 7.98. The van der Waals surface area contributed by atoms with Crippen molar-refractivity contribution in [2.75, 3.05) is 31.1 Å². The minimum absolute atomic E-state index is 0.00845. The van der Waals surface area contributed by atoms with Crippen molar-refractivity contribution in [3.05, 3.63) is 83.9 Å². The summed E-state index contributed by atoms with van der Waals surface area (Å²) in [7, 11) is 1.29. The predicted octanol–water partition coefficient (Wildman–Crippen LogP) is 0.152. The number of amides is 7. The van der Waals surface area contributed by atoms with Crippen LogP contribution >= 0.6 is 23.5 Å². The summed E-state index contributed by atoms with van der Waals surface area (Å²) in [6, 6.07) is 6.49. The Bertz CT molecular complexity index is 2080. The molecular formula is C45H64N10O10S2. The molecule has 20 nitrogen and oxygen atoms in total. The zero-order valence-corrected chi connectivity index (χ0v) is 40.0. The largest absolute Gasteiger partial charge is 0.508 e. The topological polar surface area (TPSA) is 316 Å². The molecule has 3 aromatic rings. The molecule has 12 N–H and O–H groups in total. The van der Waals surface area contributed by atoms with Gasteiger partial charge in [-0.05, 0) is 78.9 Å².